The number of nitrogens with one attached hydrogen (secondary N) is 1. The van der Waals surface area contributed by atoms with E-state index in [1.807, 2.05) is 0 Å². The van der Waals surface area contributed by atoms with Crippen molar-refractivity contribution in [2.45, 2.75) is 6.92 Å². The zero-order chi connectivity index (χ0) is 20.7. The van der Waals surface area contributed by atoms with E-state index >= 15 is 0 Å². The predicted molar refractivity (Wildman–Crippen MR) is 96.6 cm³/mol. The van der Waals surface area contributed by atoms with E-state index < -0.39 is 28.9 Å². The second-order valence-electron chi connectivity index (χ2n) is 5.88. The Morgan fingerprint density at radius 3 is 2.72 bits per heavy atom. The molecule has 12 heteroatoms. The van der Waals surface area contributed by atoms with Crippen molar-refractivity contribution in [2.24, 2.45) is 7.05 Å². The maximum atomic E-state index is 13.8. The van der Waals surface area contributed by atoms with E-state index in [0.29, 0.717) is 40.1 Å². The zero-order valence-corrected chi connectivity index (χ0v) is 15.7. The van der Waals surface area contributed by atoms with Gasteiger partial charge in [0, 0.05) is 20.2 Å². The summed E-state index contributed by atoms with van der Waals surface area (Å²) in [6, 6.07) is 2.99. The first-order chi connectivity index (χ1) is 13.8. The summed E-state index contributed by atoms with van der Waals surface area (Å²) in [7, 11) is 1.70. The van der Waals surface area contributed by atoms with Gasteiger partial charge in [-0.3, -0.25) is 14.8 Å². The number of carbonyl (C=O) groups excluding carboxylic acids is 1. The number of thiazole rings is 1. The van der Waals surface area contributed by atoms with Crippen molar-refractivity contribution in [1.82, 2.24) is 24.9 Å². The Labute approximate surface area is 165 Å². The topological polar surface area (TPSA) is 98.7 Å². The third-order valence-corrected chi connectivity index (χ3v) is 4.82. The second kappa shape index (κ2) is 7.13. The lowest BCUT2D eigenvalue weighted by molar-refractivity contribution is 0.101. The van der Waals surface area contributed by atoms with Crippen LogP contribution in [0.1, 0.15) is 16.2 Å². The minimum absolute atomic E-state index is 0.0752. The first kappa shape index (κ1) is 18.8. The van der Waals surface area contributed by atoms with Gasteiger partial charge in [0.05, 0.1) is 10.6 Å². The Hall–Kier alpha value is -3.54. The van der Waals surface area contributed by atoms with Crippen LogP contribution in [0.2, 0.25) is 0 Å². The van der Waals surface area contributed by atoms with Gasteiger partial charge in [-0.1, -0.05) is 16.5 Å². The minimum atomic E-state index is -1.56. The third kappa shape index (κ3) is 3.49. The first-order valence-electron chi connectivity index (χ1n) is 8.09. The van der Waals surface area contributed by atoms with E-state index in [4.69, 9.17) is 4.52 Å². The summed E-state index contributed by atoms with van der Waals surface area (Å²) in [6.45, 7) is 1.66. The molecule has 0 saturated heterocycles. The smallest absolute Gasteiger partial charge is 0.263 e. The van der Waals surface area contributed by atoms with Crippen LogP contribution in [0.3, 0.4) is 0 Å². The van der Waals surface area contributed by atoms with Gasteiger partial charge in [0.1, 0.15) is 17.1 Å². The van der Waals surface area contributed by atoms with Crippen molar-refractivity contribution in [2.75, 3.05) is 5.32 Å². The highest BCUT2D eigenvalue weighted by Gasteiger charge is 2.22. The second-order valence-corrected chi connectivity index (χ2v) is 6.91. The molecule has 148 valence electrons. The van der Waals surface area contributed by atoms with Crippen LogP contribution in [0, 0.1) is 24.4 Å². The molecule has 0 atom stereocenters. The molecule has 1 N–H and O–H groups in total. The zero-order valence-electron chi connectivity index (χ0n) is 14.9. The summed E-state index contributed by atoms with van der Waals surface area (Å²) in [5.41, 5.74) is 0.0999. The number of amides is 1. The van der Waals surface area contributed by atoms with Gasteiger partial charge in [-0.2, -0.15) is 10.1 Å². The van der Waals surface area contributed by atoms with E-state index in [1.165, 1.54) is 6.20 Å². The van der Waals surface area contributed by atoms with Crippen LogP contribution in [0.4, 0.5) is 18.3 Å². The Balaban J connectivity index is 1.59. The standard InChI is InChI=1S/C17H11F3N6O2S/c1-7-22-15(25-28-7)10-5-11(26(2)24-10)12-6-21-17(29-12)23-16(27)13-8(18)3-4-9(19)14(13)20/h3-6H,1-2H3,(H,21,23,27). The molecule has 29 heavy (non-hydrogen) atoms. The number of nitrogens with zero attached hydrogens (tertiary/aromatic N) is 5. The number of halogens is 3. The highest BCUT2D eigenvalue weighted by atomic mass is 32.1. The van der Waals surface area contributed by atoms with Gasteiger partial charge in [-0.15, -0.1) is 0 Å². The number of anilines is 1. The van der Waals surface area contributed by atoms with Crippen LogP contribution in [0.5, 0.6) is 0 Å². The Kier molecular flexibility index (Phi) is 4.62. The Morgan fingerprint density at radius 1 is 1.24 bits per heavy atom. The van der Waals surface area contributed by atoms with Gasteiger partial charge in [-0.25, -0.2) is 18.2 Å². The molecule has 8 nitrogen and oxygen atoms in total. The molecule has 0 aliphatic carbocycles. The van der Waals surface area contributed by atoms with E-state index in [-0.39, 0.29) is 5.13 Å². The molecule has 0 radical (unpaired) electrons. The first-order valence-corrected chi connectivity index (χ1v) is 8.91. The van der Waals surface area contributed by atoms with Crippen LogP contribution in [0.25, 0.3) is 22.1 Å². The lowest BCUT2D eigenvalue weighted by Gasteiger charge is -2.05. The van der Waals surface area contributed by atoms with E-state index in [9.17, 15) is 18.0 Å². The summed E-state index contributed by atoms with van der Waals surface area (Å²) in [5.74, 6) is -4.49. The lowest BCUT2D eigenvalue weighted by atomic mass is 10.2. The molecular weight excluding hydrogens is 409 g/mol. The molecule has 1 amide bonds. The van der Waals surface area contributed by atoms with Crippen molar-refractivity contribution < 1.29 is 22.5 Å². The van der Waals surface area contributed by atoms with Crippen molar-refractivity contribution in [3.05, 3.63) is 53.3 Å². The van der Waals surface area contributed by atoms with Crippen molar-refractivity contribution in [3.63, 3.8) is 0 Å². The summed E-state index contributed by atoms with van der Waals surface area (Å²) in [5, 5.41) is 10.5. The maximum Gasteiger partial charge on any atom is 0.263 e. The normalized spacial score (nSPS) is 11.1. The van der Waals surface area contributed by atoms with Crippen molar-refractivity contribution >= 4 is 22.4 Å². The quantitative estimate of drug-likeness (QED) is 0.507. The molecule has 0 unspecified atom stereocenters. The van der Waals surface area contributed by atoms with E-state index in [2.05, 4.69) is 25.5 Å². The Morgan fingerprint density at radius 2 is 2.00 bits per heavy atom. The predicted octanol–water partition coefficient (Wildman–Crippen LogP) is 3.57. The monoisotopic (exact) mass is 420 g/mol. The van der Waals surface area contributed by atoms with E-state index in [1.54, 1.807) is 24.7 Å². The highest BCUT2D eigenvalue weighted by Crippen LogP contribution is 2.31. The largest absolute Gasteiger partial charge is 0.339 e. The summed E-state index contributed by atoms with van der Waals surface area (Å²) in [4.78, 5) is 20.9. The SMILES string of the molecule is Cc1nc(-c2cc(-c3cnc(NC(=O)c4c(F)ccc(F)c4F)s3)n(C)n2)no1. The molecule has 0 saturated carbocycles. The molecule has 0 aliphatic heterocycles. The molecule has 0 bridgehead atoms. The average Bonchev–Trinajstić information content (AvgIpc) is 3.38. The van der Waals surface area contributed by atoms with Crippen LogP contribution in [0.15, 0.2) is 28.9 Å². The van der Waals surface area contributed by atoms with Gasteiger partial charge >= 0.3 is 0 Å². The molecule has 1 aromatic carbocycles. The number of carbonyl (C=O) groups is 1. The number of hydrogen-bond donors (Lipinski definition) is 1. The molecule has 0 fully saturated rings. The molecule has 3 aromatic heterocycles. The van der Waals surface area contributed by atoms with Crippen molar-refractivity contribution in [1.29, 1.82) is 0 Å². The highest BCUT2D eigenvalue weighted by molar-refractivity contribution is 7.19. The number of aryl methyl sites for hydroxylation is 2. The van der Waals surface area contributed by atoms with Crippen LogP contribution < -0.4 is 5.32 Å². The van der Waals surface area contributed by atoms with Crippen LogP contribution in [-0.2, 0) is 7.05 Å². The fourth-order valence-electron chi connectivity index (χ4n) is 2.56. The molecule has 4 aromatic rings. The van der Waals surface area contributed by atoms with Gasteiger partial charge in [0.15, 0.2) is 16.8 Å². The number of hydrogen-bond acceptors (Lipinski definition) is 7. The minimum Gasteiger partial charge on any atom is -0.339 e. The van der Waals surface area contributed by atoms with Gasteiger partial charge in [-0.05, 0) is 18.2 Å². The number of rotatable bonds is 4. The third-order valence-electron chi connectivity index (χ3n) is 3.89. The van der Waals surface area contributed by atoms with Crippen LogP contribution in [-0.4, -0.2) is 30.8 Å². The molecule has 0 aliphatic rings. The van der Waals surface area contributed by atoms with Gasteiger partial charge < -0.3 is 4.52 Å². The van der Waals surface area contributed by atoms with E-state index in [0.717, 1.165) is 11.3 Å². The number of aromatic nitrogens is 5. The molecular formula is C17H11F3N6O2S. The summed E-state index contributed by atoms with van der Waals surface area (Å²) >= 11 is 1.05. The summed E-state index contributed by atoms with van der Waals surface area (Å²) < 4.78 is 47.3. The fourth-order valence-corrected chi connectivity index (χ4v) is 3.41. The van der Waals surface area contributed by atoms with Crippen molar-refractivity contribution in [3.8, 4) is 22.1 Å². The summed E-state index contributed by atoms with van der Waals surface area (Å²) in [6.07, 6.45) is 1.46. The van der Waals surface area contributed by atoms with Gasteiger partial charge in [0.2, 0.25) is 11.7 Å². The number of benzene rings is 1. The van der Waals surface area contributed by atoms with Crippen LogP contribution >= 0.6 is 11.3 Å². The average molecular weight is 420 g/mol. The molecule has 3 heterocycles. The molecule has 4 rings (SSSR count). The Bertz CT molecular complexity index is 1230. The molecule has 0 spiro atoms. The maximum absolute atomic E-state index is 13.8. The van der Waals surface area contributed by atoms with Gasteiger partial charge in [0.25, 0.3) is 5.91 Å². The lowest BCUT2D eigenvalue weighted by Crippen LogP contribution is -2.16. The fraction of sp³-hybridized carbons (Fsp3) is 0.118.